The van der Waals surface area contributed by atoms with Gasteiger partial charge in [0.05, 0.1) is 40.5 Å². The molecule has 0 unspecified atom stereocenters. The summed E-state index contributed by atoms with van der Waals surface area (Å²) in [7, 11) is 0. The number of hydrogen-bond donors (Lipinski definition) is 1. The molecule has 4 rings (SSSR count). The van der Waals surface area contributed by atoms with Crippen molar-refractivity contribution in [2.45, 2.75) is 46.6 Å². The Kier molecular flexibility index (Phi) is 9.58. The Bertz CT molecular complexity index is 1370. The molecule has 37 heavy (non-hydrogen) atoms. The molecular formula is C26H31N3O5S3. The number of aromatic nitrogens is 1. The fourth-order valence-electron chi connectivity index (χ4n) is 4.23. The maximum Gasteiger partial charge on any atom is 0.341 e. The highest BCUT2D eigenvalue weighted by atomic mass is 32.2. The quantitative estimate of drug-likeness (QED) is 0.272. The first-order valence-corrected chi connectivity index (χ1v) is 15.1. The number of esters is 1. The van der Waals surface area contributed by atoms with Crippen LogP contribution in [0.4, 0.5) is 5.00 Å². The zero-order chi connectivity index (χ0) is 26.4. The molecule has 0 fully saturated rings. The SMILES string of the molecule is CCOCCn1c(=NC(=O)CSCC(=O)Nc2sc3c(c2C(=O)OCC)CCC3)sc2cc(C)ccc21. The van der Waals surface area contributed by atoms with Gasteiger partial charge < -0.3 is 19.4 Å². The van der Waals surface area contributed by atoms with Crippen LogP contribution in [-0.4, -0.2) is 53.7 Å². The van der Waals surface area contributed by atoms with Gasteiger partial charge in [-0.3, -0.25) is 9.59 Å². The van der Waals surface area contributed by atoms with E-state index in [9.17, 15) is 14.4 Å². The summed E-state index contributed by atoms with van der Waals surface area (Å²) in [5.41, 5.74) is 3.65. The topological polar surface area (TPSA) is 99.0 Å². The van der Waals surface area contributed by atoms with E-state index in [-0.39, 0.29) is 29.9 Å². The predicted molar refractivity (Wildman–Crippen MR) is 150 cm³/mol. The number of amides is 2. The Hall–Kier alpha value is -2.47. The number of fused-ring (bicyclic) bond motifs is 2. The molecule has 0 atom stereocenters. The normalized spacial score (nSPS) is 13.2. The van der Waals surface area contributed by atoms with E-state index >= 15 is 0 Å². The molecule has 198 valence electrons. The molecule has 2 aromatic heterocycles. The lowest BCUT2D eigenvalue weighted by Gasteiger charge is -2.07. The van der Waals surface area contributed by atoms with E-state index in [2.05, 4.69) is 16.4 Å². The van der Waals surface area contributed by atoms with Gasteiger partial charge in [0, 0.05) is 18.0 Å². The Balaban J connectivity index is 1.39. The average Bonchev–Trinajstić information content (AvgIpc) is 3.52. The van der Waals surface area contributed by atoms with Crippen LogP contribution in [0, 0.1) is 6.92 Å². The first kappa shape index (κ1) is 27.6. The molecule has 1 aromatic carbocycles. The minimum absolute atomic E-state index is 0.0812. The number of thiazole rings is 1. The van der Waals surface area contributed by atoms with Crippen molar-refractivity contribution >= 4 is 67.4 Å². The van der Waals surface area contributed by atoms with E-state index in [1.54, 1.807) is 6.92 Å². The van der Waals surface area contributed by atoms with E-state index in [1.165, 1.54) is 34.4 Å². The number of thiophene rings is 1. The van der Waals surface area contributed by atoms with Gasteiger partial charge in [0.15, 0.2) is 4.80 Å². The fourth-order valence-corrected chi connectivity index (χ4v) is 7.29. The van der Waals surface area contributed by atoms with Crippen molar-refractivity contribution in [1.29, 1.82) is 0 Å². The second-order valence-corrected chi connectivity index (χ2v) is 11.6. The number of nitrogens with zero attached hydrogens (tertiary/aromatic N) is 2. The standard InChI is InChI=1S/C26H31N3O5S3/c1-4-33-12-11-29-18-10-9-16(3)13-20(18)37-26(29)28-22(31)15-35-14-21(30)27-24-23(25(32)34-5-2)17-7-6-8-19(17)36-24/h9-10,13H,4-8,11-12,14-15H2,1-3H3,(H,27,30). The second-order valence-electron chi connectivity index (χ2n) is 8.53. The van der Waals surface area contributed by atoms with Gasteiger partial charge in [0.25, 0.3) is 5.91 Å². The lowest BCUT2D eigenvalue weighted by atomic mass is 10.1. The van der Waals surface area contributed by atoms with Gasteiger partial charge in [0.1, 0.15) is 5.00 Å². The van der Waals surface area contributed by atoms with Gasteiger partial charge in [-0.15, -0.1) is 23.1 Å². The predicted octanol–water partition coefficient (Wildman–Crippen LogP) is 4.57. The van der Waals surface area contributed by atoms with Crippen LogP contribution < -0.4 is 10.1 Å². The van der Waals surface area contributed by atoms with Crippen molar-refractivity contribution in [3.05, 3.63) is 44.6 Å². The van der Waals surface area contributed by atoms with Crippen LogP contribution in [0.15, 0.2) is 23.2 Å². The van der Waals surface area contributed by atoms with Crippen molar-refractivity contribution < 1.29 is 23.9 Å². The van der Waals surface area contributed by atoms with Gasteiger partial charge in [-0.2, -0.15) is 4.99 Å². The van der Waals surface area contributed by atoms with Crippen molar-refractivity contribution in [1.82, 2.24) is 4.57 Å². The first-order valence-electron chi connectivity index (χ1n) is 12.4. The Morgan fingerprint density at radius 3 is 2.76 bits per heavy atom. The molecule has 1 N–H and O–H groups in total. The van der Waals surface area contributed by atoms with Crippen LogP contribution in [0.3, 0.4) is 0 Å². The highest BCUT2D eigenvalue weighted by Crippen LogP contribution is 2.39. The highest BCUT2D eigenvalue weighted by molar-refractivity contribution is 8.00. The van der Waals surface area contributed by atoms with Crippen LogP contribution >= 0.6 is 34.4 Å². The molecule has 1 aliphatic rings. The zero-order valence-electron chi connectivity index (χ0n) is 21.3. The van der Waals surface area contributed by atoms with Gasteiger partial charge in [0.2, 0.25) is 5.91 Å². The van der Waals surface area contributed by atoms with Gasteiger partial charge in [-0.05, 0) is 63.3 Å². The van der Waals surface area contributed by atoms with Gasteiger partial charge in [-0.25, -0.2) is 4.79 Å². The molecule has 0 spiro atoms. The van der Waals surface area contributed by atoms with Crippen molar-refractivity contribution in [3.8, 4) is 0 Å². The maximum absolute atomic E-state index is 12.7. The van der Waals surface area contributed by atoms with E-state index in [1.807, 2.05) is 30.5 Å². The first-order chi connectivity index (χ1) is 17.9. The number of thioether (sulfide) groups is 1. The Morgan fingerprint density at radius 1 is 1.14 bits per heavy atom. The monoisotopic (exact) mass is 561 g/mol. The largest absolute Gasteiger partial charge is 0.462 e. The van der Waals surface area contributed by atoms with Crippen LogP contribution in [0.5, 0.6) is 0 Å². The van der Waals surface area contributed by atoms with E-state index in [4.69, 9.17) is 9.47 Å². The molecule has 2 amide bonds. The summed E-state index contributed by atoms with van der Waals surface area (Å²) in [5.74, 6) is -0.782. The van der Waals surface area contributed by atoms with Crippen LogP contribution in [-0.2, 0) is 38.4 Å². The highest BCUT2D eigenvalue weighted by Gasteiger charge is 2.28. The van der Waals surface area contributed by atoms with Crippen LogP contribution in [0.25, 0.3) is 10.2 Å². The molecule has 2 heterocycles. The fraction of sp³-hybridized carbons (Fsp3) is 0.462. The molecule has 0 aliphatic heterocycles. The number of anilines is 1. The van der Waals surface area contributed by atoms with Gasteiger partial charge >= 0.3 is 5.97 Å². The third kappa shape index (κ3) is 6.70. The van der Waals surface area contributed by atoms with Crippen molar-refractivity contribution in [3.63, 3.8) is 0 Å². The molecule has 1 aliphatic carbocycles. The number of carbonyl (C=O) groups is 3. The van der Waals surface area contributed by atoms with Crippen molar-refractivity contribution in [2.75, 3.05) is 36.6 Å². The maximum atomic E-state index is 12.7. The second kappa shape index (κ2) is 12.9. The number of nitrogens with one attached hydrogen (secondary N) is 1. The number of aryl methyl sites for hydroxylation is 2. The van der Waals surface area contributed by atoms with Crippen LogP contribution in [0.2, 0.25) is 0 Å². The number of benzene rings is 1. The summed E-state index contributed by atoms with van der Waals surface area (Å²) in [5, 5.41) is 3.41. The molecule has 11 heteroatoms. The summed E-state index contributed by atoms with van der Waals surface area (Å²) < 4.78 is 13.8. The molecule has 3 aromatic rings. The van der Waals surface area contributed by atoms with E-state index < -0.39 is 5.97 Å². The lowest BCUT2D eigenvalue weighted by molar-refractivity contribution is -0.115. The van der Waals surface area contributed by atoms with E-state index in [0.29, 0.717) is 35.1 Å². The summed E-state index contributed by atoms with van der Waals surface area (Å²) in [4.78, 5) is 43.9. The number of rotatable bonds is 11. The van der Waals surface area contributed by atoms with Crippen molar-refractivity contribution in [2.24, 2.45) is 4.99 Å². The summed E-state index contributed by atoms with van der Waals surface area (Å²) in [6.07, 6.45) is 2.74. The number of hydrogen-bond acceptors (Lipinski definition) is 8. The molecule has 8 nitrogen and oxygen atoms in total. The van der Waals surface area contributed by atoms with Crippen LogP contribution in [0.1, 0.15) is 46.6 Å². The minimum atomic E-state index is -0.394. The third-order valence-electron chi connectivity index (χ3n) is 5.83. The summed E-state index contributed by atoms with van der Waals surface area (Å²) in [6, 6.07) is 6.17. The summed E-state index contributed by atoms with van der Waals surface area (Å²) in [6.45, 7) is 7.79. The molecule has 0 radical (unpaired) electrons. The smallest absolute Gasteiger partial charge is 0.341 e. The zero-order valence-corrected chi connectivity index (χ0v) is 23.7. The van der Waals surface area contributed by atoms with Gasteiger partial charge in [-0.1, -0.05) is 17.4 Å². The average molecular weight is 562 g/mol. The minimum Gasteiger partial charge on any atom is -0.462 e. The molecule has 0 saturated heterocycles. The number of carbonyl (C=O) groups excluding carboxylic acids is 3. The lowest BCUT2D eigenvalue weighted by Crippen LogP contribution is -2.20. The molecule has 0 saturated carbocycles. The number of ether oxygens (including phenoxy) is 2. The molecular weight excluding hydrogens is 531 g/mol. The molecule has 0 bridgehead atoms. The Morgan fingerprint density at radius 2 is 1.97 bits per heavy atom. The Labute approximate surface area is 228 Å². The summed E-state index contributed by atoms with van der Waals surface area (Å²) >= 11 is 4.12. The van der Waals surface area contributed by atoms with E-state index in [0.717, 1.165) is 45.5 Å². The third-order valence-corrected chi connectivity index (χ3v) is 9.00.